The zero-order valence-electron chi connectivity index (χ0n) is 11.3. The first kappa shape index (κ1) is 12.2. The standard InChI is InChI=1S/C15H24N2O/c1-16-8-3-4-12(10-16)11-17-9-7-13-14(17)5-2-6-15(13)18/h7,9,12,15,18H,2-6,8,10-11H2,1H3. The summed E-state index contributed by atoms with van der Waals surface area (Å²) in [5, 5.41) is 10.0. The van der Waals surface area contributed by atoms with Gasteiger partial charge in [0.1, 0.15) is 0 Å². The topological polar surface area (TPSA) is 28.4 Å². The fourth-order valence-corrected chi connectivity index (χ4v) is 3.60. The molecule has 0 radical (unpaired) electrons. The number of nitrogens with zero attached hydrogens (tertiary/aromatic N) is 2. The maximum atomic E-state index is 10.0. The summed E-state index contributed by atoms with van der Waals surface area (Å²) in [6.45, 7) is 3.60. The highest BCUT2D eigenvalue weighted by atomic mass is 16.3. The Hall–Kier alpha value is -0.800. The van der Waals surface area contributed by atoms with Gasteiger partial charge in [0, 0.05) is 30.5 Å². The molecule has 18 heavy (non-hydrogen) atoms. The van der Waals surface area contributed by atoms with Crippen LogP contribution < -0.4 is 0 Å². The molecule has 3 rings (SSSR count). The molecule has 1 aromatic rings. The molecule has 2 aliphatic rings. The van der Waals surface area contributed by atoms with Crippen LogP contribution in [0.25, 0.3) is 0 Å². The first-order valence-corrected chi connectivity index (χ1v) is 7.28. The minimum atomic E-state index is -0.218. The quantitative estimate of drug-likeness (QED) is 0.869. The molecular formula is C15H24N2O. The van der Waals surface area contributed by atoms with Crippen molar-refractivity contribution in [1.29, 1.82) is 0 Å². The Bertz CT molecular complexity index is 413. The summed E-state index contributed by atoms with van der Waals surface area (Å²) in [6.07, 6.45) is 7.85. The average molecular weight is 248 g/mol. The Labute approximate surface area is 109 Å². The van der Waals surface area contributed by atoms with Gasteiger partial charge in [-0.1, -0.05) is 0 Å². The van der Waals surface area contributed by atoms with Gasteiger partial charge in [0.05, 0.1) is 6.10 Å². The minimum Gasteiger partial charge on any atom is -0.388 e. The van der Waals surface area contributed by atoms with E-state index in [-0.39, 0.29) is 6.10 Å². The van der Waals surface area contributed by atoms with Crippen molar-refractivity contribution in [2.75, 3.05) is 20.1 Å². The van der Waals surface area contributed by atoms with Crippen molar-refractivity contribution in [1.82, 2.24) is 9.47 Å². The van der Waals surface area contributed by atoms with Crippen LogP contribution in [0, 0.1) is 5.92 Å². The van der Waals surface area contributed by atoms with Crippen molar-refractivity contribution in [3.8, 4) is 0 Å². The smallest absolute Gasteiger partial charge is 0.0807 e. The van der Waals surface area contributed by atoms with E-state index in [0.717, 1.165) is 31.7 Å². The molecule has 2 unspecified atom stereocenters. The Balaban J connectivity index is 1.73. The molecule has 3 heteroatoms. The highest BCUT2D eigenvalue weighted by Crippen LogP contribution is 2.31. The summed E-state index contributed by atoms with van der Waals surface area (Å²) in [5.74, 6) is 0.777. The number of hydrogen-bond acceptors (Lipinski definition) is 2. The number of piperidine rings is 1. The third-order valence-electron chi connectivity index (χ3n) is 4.54. The highest BCUT2D eigenvalue weighted by molar-refractivity contribution is 5.27. The number of aliphatic hydroxyl groups excluding tert-OH is 1. The van der Waals surface area contributed by atoms with E-state index in [2.05, 4.69) is 28.8 Å². The molecule has 0 aromatic carbocycles. The first-order valence-electron chi connectivity index (χ1n) is 7.28. The van der Waals surface area contributed by atoms with Crippen LogP contribution in [0.2, 0.25) is 0 Å². The van der Waals surface area contributed by atoms with E-state index < -0.39 is 0 Å². The van der Waals surface area contributed by atoms with Crippen LogP contribution in [0.3, 0.4) is 0 Å². The third-order valence-corrected chi connectivity index (χ3v) is 4.54. The van der Waals surface area contributed by atoms with Gasteiger partial charge in [-0.15, -0.1) is 0 Å². The lowest BCUT2D eigenvalue weighted by Crippen LogP contribution is -2.34. The number of aliphatic hydroxyl groups is 1. The molecule has 1 N–H and O–H groups in total. The zero-order chi connectivity index (χ0) is 12.5. The van der Waals surface area contributed by atoms with E-state index in [4.69, 9.17) is 0 Å². The van der Waals surface area contributed by atoms with Gasteiger partial charge < -0.3 is 14.6 Å². The van der Waals surface area contributed by atoms with Crippen LogP contribution >= 0.6 is 0 Å². The van der Waals surface area contributed by atoms with Crippen LogP contribution in [0.5, 0.6) is 0 Å². The van der Waals surface area contributed by atoms with E-state index in [1.165, 1.54) is 37.2 Å². The lowest BCUT2D eigenvalue weighted by Gasteiger charge is -2.31. The molecule has 1 aromatic heterocycles. The number of rotatable bonds is 2. The predicted molar refractivity (Wildman–Crippen MR) is 72.6 cm³/mol. The average Bonchev–Trinajstić information content (AvgIpc) is 2.74. The normalized spacial score (nSPS) is 29.2. The largest absolute Gasteiger partial charge is 0.388 e. The van der Waals surface area contributed by atoms with Crippen LogP contribution in [0.4, 0.5) is 0 Å². The van der Waals surface area contributed by atoms with E-state index in [1.807, 2.05) is 0 Å². The summed E-state index contributed by atoms with van der Waals surface area (Å²) < 4.78 is 2.40. The monoisotopic (exact) mass is 248 g/mol. The molecular weight excluding hydrogens is 224 g/mol. The SMILES string of the molecule is CN1CCCC(Cn2ccc3c2CCCC3O)C1. The van der Waals surface area contributed by atoms with Gasteiger partial charge in [0.2, 0.25) is 0 Å². The second kappa shape index (κ2) is 5.06. The molecule has 2 heterocycles. The third kappa shape index (κ3) is 2.34. The summed E-state index contributed by atoms with van der Waals surface area (Å²) in [4.78, 5) is 2.44. The molecule has 0 spiro atoms. The van der Waals surface area contributed by atoms with Gasteiger partial charge in [0.15, 0.2) is 0 Å². The number of aromatic nitrogens is 1. The van der Waals surface area contributed by atoms with Gasteiger partial charge in [-0.3, -0.25) is 0 Å². The van der Waals surface area contributed by atoms with Crippen molar-refractivity contribution < 1.29 is 5.11 Å². The minimum absolute atomic E-state index is 0.218. The summed E-state index contributed by atoms with van der Waals surface area (Å²) >= 11 is 0. The fraction of sp³-hybridized carbons (Fsp3) is 0.733. The summed E-state index contributed by atoms with van der Waals surface area (Å²) in [6, 6.07) is 2.13. The summed E-state index contributed by atoms with van der Waals surface area (Å²) in [5.41, 5.74) is 2.58. The molecule has 0 saturated carbocycles. The lowest BCUT2D eigenvalue weighted by atomic mass is 9.94. The second-order valence-electron chi connectivity index (χ2n) is 6.05. The Morgan fingerprint density at radius 1 is 1.33 bits per heavy atom. The molecule has 0 bridgehead atoms. The van der Waals surface area contributed by atoms with Gasteiger partial charge in [0.25, 0.3) is 0 Å². The van der Waals surface area contributed by atoms with Gasteiger partial charge >= 0.3 is 0 Å². The van der Waals surface area contributed by atoms with Crippen LogP contribution in [-0.4, -0.2) is 34.7 Å². The molecule has 3 nitrogen and oxygen atoms in total. The Morgan fingerprint density at radius 2 is 2.22 bits per heavy atom. The second-order valence-corrected chi connectivity index (χ2v) is 6.05. The number of fused-ring (bicyclic) bond motifs is 1. The van der Waals surface area contributed by atoms with E-state index in [1.54, 1.807) is 0 Å². The lowest BCUT2D eigenvalue weighted by molar-refractivity contribution is 0.154. The maximum absolute atomic E-state index is 10.0. The van der Waals surface area contributed by atoms with Crippen molar-refractivity contribution in [2.45, 2.75) is 44.8 Å². The molecule has 1 aliphatic heterocycles. The van der Waals surface area contributed by atoms with E-state index in [0.29, 0.717) is 0 Å². The fourth-order valence-electron chi connectivity index (χ4n) is 3.60. The molecule has 100 valence electrons. The molecule has 2 atom stereocenters. The van der Waals surface area contributed by atoms with E-state index in [9.17, 15) is 5.11 Å². The first-order chi connectivity index (χ1) is 8.74. The number of likely N-dealkylation sites (tertiary alicyclic amines) is 1. The highest BCUT2D eigenvalue weighted by Gasteiger charge is 2.23. The molecule has 1 fully saturated rings. The summed E-state index contributed by atoms with van der Waals surface area (Å²) in [7, 11) is 2.22. The van der Waals surface area contributed by atoms with Gasteiger partial charge in [-0.2, -0.15) is 0 Å². The van der Waals surface area contributed by atoms with Crippen LogP contribution in [0.15, 0.2) is 12.3 Å². The Morgan fingerprint density at radius 3 is 3.06 bits per heavy atom. The Kier molecular flexibility index (Phi) is 3.44. The molecule has 0 amide bonds. The molecule has 1 aliphatic carbocycles. The van der Waals surface area contributed by atoms with Gasteiger partial charge in [-0.25, -0.2) is 0 Å². The number of hydrogen-bond donors (Lipinski definition) is 1. The maximum Gasteiger partial charge on any atom is 0.0807 e. The molecule has 1 saturated heterocycles. The van der Waals surface area contributed by atoms with Gasteiger partial charge in [-0.05, 0) is 57.7 Å². The van der Waals surface area contributed by atoms with Crippen molar-refractivity contribution in [3.05, 3.63) is 23.5 Å². The zero-order valence-corrected chi connectivity index (χ0v) is 11.3. The van der Waals surface area contributed by atoms with Crippen molar-refractivity contribution >= 4 is 0 Å². The van der Waals surface area contributed by atoms with Crippen LogP contribution in [0.1, 0.15) is 43.0 Å². The van der Waals surface area contributed by atoms with E-state index >= 15 is 0 Å². The predicted octanol–water partition coefficient (Wildman–Crippen LogP) is 2.20. The van der Waals surface area contributed by atoms with Crippen molar-refractivity contribution in [3.63, 3.8) is 0 Å². The van der Waals surface area contributed by atoms with Crippen LogP contribution in [-0.2, 0) is 13.0 Å². The van der Waals surface area contributed by atoms with Crippen molar-refractivity contribution in [2.24, 2.45) is 5.92 Å².